The van der Waals surface area contributed by atoms with Gasteiger partial charge < -0.3 is 0 Å². The molecule has 2 heteroatoms. The minimum atomic E-state index is 0.417. The lowest BCUT2D eigenvalue weighted by Crippen LogP contribution is -2.15. The topological polar surface area (TPSA) is 25.2 Å². The van der Waals surface area contributed by atoms with Crippen molar-refractivity contribution in [3.8, 4) is 0 Å². The van der Waals surface area contributed by atoms with Crippen LogP contribution in [-0.4, -0.2) is 11.2 Å². The van der Waals surface area contributed by atoms with E-state index < -0.39 is 0 Å². The van der Waals surface area contributed by atoms with Gasteiger partial charge in [0.2, 0.25) is 0 Å². The number of fused-ring (bicyclic) bond motifs is 4. The average molecular weight is 541 g/mol. The number of rotatable bonds is 10. The van der Waals surface area contributed by atoms with E-state index in [-0.39, 0.29) is 0 Å². The summed E-state index contributed by atoms with van der Waals surface area (Å²) in [5, 5.41) is 1.23. The summed E-state index contributed by atoms with van der Waals surface area (Å²) in [4.78, 5) is 9.76. The van der Waals surface area contributed by atoms with Crippen molar-refractivity contribution in [2.45, 2.75) is 72.6 Å². The number of allylic oxidation sites excluding steroid dienone is 9. The van der Waals surface area contributed by atoms with E-state index in [0.717, 1.165) is 49.0 Å². The highest BCUT2D eigenvalue weighted by atomic mass is 14.8. The third-order valence-electron chi connectivity index (χ3n) is 8.45. The second kappa shape index (κ2) is 13.3. The van der Waals surface area contributed by atoms with Crippen molar-refractivity contribution in [3.63, 3.8) is 0 Å². The Hall–Kier alpha value is -3.78. The van der Waals surface area contributed by atoms with Gasteiger partial charge in [-0.1, -0.05) is 107 Å². The summed E-state index contributed by atoms with van der Waals surface area (Å²) in [6, 6.07) is 15.5. The predicted molar refractivity (Wildman–Crippen MR) is 178 cm³/mol. The third kappa shape index (κ3) is 6.43. The fraction of sp³-hybridized carbons (Fsp3) is 0.333. The molecule has 2 aliphatic carbocycles. The number of aryl methyl sites for hydroxylation is 2. The van der Waals surface area contributed by atoms with E-state index in [0.29, 0.717) is 17.8 Å². The minimum absolute atomic E-state index is 0.417. The quantitative estimate of drug-likeness (QED) is 0.185. The first-order valence-electron chi connectivity index (χ1n) is 15.5. The van der Waals surface area contributed by atoms with Crippen LogP contribution in [0.4, 0.5) is 5.69 Å². The number of aromatic nitrogens is 1. The molecule has 0 radical (unpaired) electrons. The normalized spacial score (nSPS) is 19.1. The van der Waals surface area contributed by atoms with Gasteiger partial charge >= 0.3 is 0 Å². The lowest BCUT2D eigenvalue weighted by molar-refractivity contribution is 0.588. The number of nitrogens with zero attached hydrogens (tertiary/aromatic N) is 2. The van der Waals surface area contributed by atoms with E-state index in [1.807, 2.05) is 6.21 Å². The Balaban J connectivity index is 1.31. The first kappa shape index (κ1) is 28.7. The SMILES string of the molecule is CC/C=N/c1cc(CC(C)C/C=C\C(=C/CC)C2=CC3C=Cc4ccccc4C3C=C2)c(C)c2ccc(CC)nc12. The molecule has 0 amide bonds. The molecule has 1 aromatic heterocycles. The molecule has 0 saturated carbocycles. The van der Waals surface area contributed by atoms with Gasteiger partial charge in [-0.15, -0.1) is 0 Å². The Labute approximate surface area is 247 Å². The summed E-state index contributed by atoms with van der Waals surface area (Å²) in [5.41, 5.74) is 11.3. The van der Waals surface area contributed by atoms with Gasteiger partial charge in [0.15, 0.2) is 0 Å². The van der Waals surface area contributed by atoms with Crippen LogP contribution in [0.3, 0.4) is 0 Å². The standard InChI is InChI=1S/C39H44N2/c1-6-12-29(31-19-21-37-32(25-31)18-17-30-14-9-10-16-36(30)37)15-11-13-27(4)24-33-26-38(40-23-7-2)39-35(28(33)5)22-20-34(8-3)41-39/h9-12,14-23,25-27,32,37H,6-8,13,24H2,1-5H3/b15-11-,29-12+,40-23+. The molecule has 5 rings (SSSR count). The Kier molecular flexibility index (Phi) is 9.29. The number of pyridine rings is 1. The fourth-order valence-electron chi connectivity index (χ4n) is 6.16. The van der Waals surface area contributed by atoms with Gasteiger partial charge in [0, 0.05) is 29.1 Å². The Morgan fingerprint density at radius 1 is 1.02 bits per heavy atom. The lowest BCUT2D eigenvalue weighted by Gasteiger charge is -2.29. The van der Waals surface area contributed by atoms with Gasteiger partial charge in [-0.05, 0) is 90.5 Å². The zero-order chi connectivity index (χ0) is 28.8. The molecule has 41 heavy (non-hydrogen) atoms. The summed E-state index contributed by atoms with van der Waals surface area (Å²) < 4.78 is 0. The molecule has 210 valence electrons. The van der Waals surface area contributed by atoms with Gasteiger partial charge in [0.25, 0.3) is 0 Å². The van der Waals surface area contributed by atoms with Crippen molar-refractivity contribution in [1.29, 1.82) is 0 Å². The molecular formula is C39H44N2. The minimum Gasteiger partial charge on any atom is -0.259 e. The molecule has 0 N–H and O–H groups in total. The van der Waals surface area contributed by atoms with E-state index >= 15 is 0 Å². The number of benzene rings is 2. The van der Waals surface area contributed by atoms with Crippen LogP contribution >= 0.6 is 0 Å². The number of hydrogen-bond acceptors (Lipinski definition) is 2. The van der Waals surface area contributed by atoms with Crippen molar-refractivity contribution < 1.29 is 0 Å². The van der Waals surface area contributed by atoms with Crippen LogP contribution in [0, 0.1) is 18.8 Å². The van der Waals surface area contributed by atoms with Crippen molar-refractivity contribution in [1.82, 2.24) is 4.98 Å². The maximum Gasteiger partial charge on any atom is 0.0964 e. The molecule has 1 heterocycles. The summed E-state index contributed by atoms with van der Waals surface area (Å²) in [7, 11) is 0. The van der Waals surface area contributed by atoms with E-state index in [4.69, 9.17) is 9.98 Å². The number of aliphatic imine (C=N–C) groups is 1. The third-order valence-corrected chi connectivity index (χ3v) is 8.45. The van der Waals surface area contributed by atoms with Crippen LogP contribution in [0.2, 0.25) is 0 Å². The maximum atomic E-state index is 4.95. The molecule has 2 aromatic carbocycles. The Morgan fingerprint density at radius 2 is 1.88 bits per heavy atom. The summed E-state index contributed by atoms with van der Waals surface area (Å²) in [6.07, 6.45) is 25.9. The van der Waals surface area contributed by atoms with Crippen LogP contribution in [-0.2, 0) is 12.8 Å². The highest BCUT2D eigenvalue weighted by molar-refractivity contribution is 5.94. The summed E-state index contributed by atoms with van der Waals surface area (Å²) in [6.45, 7) is 11.1. The van der Waals surface area contributed by atoms with Gasteiger partial charge in [-0.25, -0.2) is 0 Å². The first-order chi connectivity index (χ1) is 20.0. The lowest BCUT2D eigenvalue weighted by atomic mass is 9.75. The summed E-state index contributed by atoms with van der Waals surface area (Å²) in [5.74, 6) is 1.38. The van der Waals surface area contributed by atoms with Crippen LogP contribution < -0.4 is 0 Å². The number of hydrogen-bond donors (Lipinski definition) is 0. The van der Waals surface area contributed by atoms with Gasteiger partial charge in [-0.3, -0.25) is 9.98 Å². The molecular weight excluding hydrogens is 496 g/mol. The zero-order valence-corrected chi connectivity index (χ0v) is 25.4. The fourth-order valence-corrected chi connectivity index (χ4v) is 6.16. The van der Waals surface area contributed by atoms with E-state index in [9.17, 15) is 0 Å². The van der Waals surface area contributed by atoms with Crippen LogP contribution in [0.5, 0.6) is 0 Å². The van der Waals surface area contributed by atoms with Gasteiger partial charge in [-0.2, -0.15) is 0 Å². The first-order valence-corrected chi connectivity index (χ1v) is 15.5. The van der Waals surface area contributed by atoms with Crippen molar-refractivity contribution in [3.05, 3.63) is 124 Å². The molecule has 2 nitrogen and oxygen atoms in total. The average Bonchev–Trinajstić information content (AvgIpc) is 3.00. The summed E-state index contributed by atoms with van der Waals surface area (Å²) >= 11 is 0. The molecule has 0 fully saturated rings. The molecule has 3 unspecified atom stereocenters. The van der Waals surface area contributed by atoms with E-state index in [1.165, 1.54) is 38.8 Å². The maximum absolute atomic E-state index is 4.95. The monoisotopic (exact) mass is 540 g/mol. The Morgan fingerprint density at radius 3 is 2.68 bits per heavy atom. The van der Waals surface area contributed by atoms with E-state index in [2.05, 4.69) is 126 Å². The van der Waals surface area contributed by atoms with Crippen LogP contribution in [0.1, 0.15) is 80.8 Å². The van der Waals surface area contributed by atoms with Crippen LogP contribution in [0.15, 0.2) is 101 Å². The molecule has 3 aromatic rings. The largest absolute Gasteiger partial charge is 0.259 e. The molecule has 0 saturated heterocycles. The molecule has 3 atom stereocenters. The molecule has 0 aliphatic heterocycles. The predicted octanol–water partition coefficient (Wildman–Crippen LogP) is 10.6. The molecule has 0 bridgehead atoms. The van der Waals surface area contributed by atoms with E-state index in [1.54, 1.807) is 0 Å². The second-order valence-corrected chi connectivity index (χ2v) is 11.5. The smallest absolute Gasteiger partial charge is 0.0964 e. The van der Waals surface area contributed by atoms with Gasteiger partial charge in [0.1, 0.15) is 0 Å². The van der Waals surface area contributed by atoms with Crippen molar-refractivity contribution in [2.75, 3.05) is 0 Å². The van der Waals surface area contributed by atoms with Crippen molar-refractivity contribution in [2.24, 2.45) is 16.8 Å². The second-order valence-electron chi connectivity index (χ2n) is 11.5. The highest BCUT2D eigenvalue weighted by Gasteiger charge is 2.25. The molecule has 2 aliphatic rings. The zero-order valence-electron chi connectivity index (χ0n) is 25.4. The highest BCUT2D eigenvalue weighted by Crippen LogP contribution is 2.40. The van der Waals surface area contributed by atoms with Crippen LogP contribution in [0.25, 0.3) is 17.0 Å². The van der Waals surface area contributed by atoms with Crippen molar-refractivity contribution >= 4 is 28.9 Å². The molecule has 0 spiro atoms. The van der Waals surface area contributed by atoms with Gasteiger partial charge in [0.05, 0.1) is 11.2 Å². The Bertz CT molecular complexity index is 1580.